The number of nitrogens with one attached hydrogen (secondary N) is 1. The fourth-order valence-electron chi connectivity index (χ4n) is 2.85. The van der Waals surface area contributed by atoms with Gasteiger partial charge in [0, 0.05) is 23.3 Å². The van der Waals surface area contributed by atoms with Crippen LogP contribution >= 0.6 is 23.2 Å². The predicted octanol–water partition coefficient (Wildman–Crippen LogP) is 4.70. The number of carbonyl (C=O) groups excluding carboxylic acids is 2. The molecule has 1 N–H and O–H groups in total. The lowest BCUT2D eigenvalue weighted by atomic mass is 10.1. The Morgan fingerprint density at radius 2 is 2.03 bits per heavy atom. The first-order valence-electron chi connectivity index (χ1n) is 8.89. The van der Waals surface area contributed by atoms with E-state index in [4.69, 9.17) is 32.7 Å². The van der Waals surface area contributed by atoms with Gasteiger partial charge < -0.3 is 19.7 Å². The van der Waals surface area contributed by atoms with E-state index in [0.717, 1.165) is 5.57 Å². The third-order valence-electron chi connectivity index (χ3n) is 4.13. The summed E-state index contributed by atoms with van der Waals surface area (Å²) in [7, 11) is 0. The molecule has 0 aliphatic carbocycles. The third-order valence-corrected chi connectivity index (χ3v) is 4.66. The number of benzene rings is 2. The molecule has 0 saturated heterocycles. The summed E-state index contributed by atoms with van der Waals surface area (Å²) in [5, 5.41) is 3.54. The summed E-state index contributed by atoms with van der Waals surface area (Å²) in [5.41, 5.74) is 2.02. The first-order chi connectivity index (χ1) is 13.7. The lowest BCUT2D eigenvalue weighted by Crippen LogP contribution is -2.45. The van der Waals surface area contributed by atoms with Gasteiger partial charge >= 0.3 is 0 Å². The molecule has 29 heavy (non-hydrogen) atoms. The molecule has 1 aliphatic rings. The van der Waals surface area contributed by atoms with Crippen LogP contribution in [-0.2, 0) is 9.59 Å². The number of nitrogens with zero attached hydrogens (tertiary/aromatic N) is 1. The quantitative estimate of drug-likeness (QED) is 0.668. The molecule has 152 valence electrons. The van der Waals surface area contributed by atoms with Gasteiger partial charge in [-0.1, -0.05) is 35.4 Å². The van der Waals surface area contributed by atoms with Crippen molar-refractivity contribution in [3.63, 3.8) is 0 Å². The number of ether oxygens (including phenoxy) is 2. The zero-order chi connectivity index (χ0) is 21.1. The first kappa shape index (κ1) is 21.0. The fourth-order valence-corrected chi connectivity index (χ4v) is 3.32. The third kappa shape index (κ3) is 5.02. The van der Waals surface area contributed by atoms with Crippen molar-refractivity contribution < 1.29 is 19.1 Å². The summed E-state index contributed by atoms with van der Waals surface area (Å²) < 4.78 is 11.1. The smallest absolute Gasteiger partial charge is 0.268 e. The van der Waals surface area contributed by atoms with Gasteiger partial charge in [-0.15, -0.1) is 0 Å². The Bertz CT molecular complexity index is 977. The van der Waals surface area contributed by atoms with Gasteiger partial charge in [0.2, 0.25) is 0 Å². The maximum absolute atomic E-state index is 12.4. The number of hydrogen-bond donors (Lipinski definition) is 1. The van der Waals surface area contributed by atoms with Crippen LogP contribution in [0.1, 0.15) is 13.8 Å². The highest BCUT2D eigenvalue weighted by Crippen LogP contribution is 2.36. The molecule has 1 atom stereocenters. The van der Waals surface area contributed by atoms with Crippen molar-refractivity contribution in [3.8, 4) is 11.5 Å². The van der Waals surface area contributed by atoms with Crippen LogP contribution in [-0.4, -0.2) is 31.1 Å². The van der Waals surface area contributed by atoms with E-state index in [1.807, 2.05) is 6.92 Å². The number of hydrogen-bond acceptors (Lipinski definition) is 4. The van der Waals surface area contributed by atoms with E-state index < -0.39 is 6.10 Å². The van der Waals surface area contributed by atoms with Gasteiger partial charge in [-0.25, -0.2) is 0 Å². The minimum atomic E-state index is -0.622. The van der Waals surface area contributed by atoms with E-state index in [9.17, 15) is 9.59 Å². The summed E-state index contributed by atoms with van der Waals surface area (Å²) >= 11 is 11.9. The number of rotatable bonds is 6. The standard InChI is InChI=1S/C21H20Cl2N2O4/c1-12(2)10-25-17-6-5-15(9-19(17)29-13(3)21(25)27)24-20(26)11-28-18-7-4-14(22)8-16(18)23/h4-9,13H,1,10-11H2,2-3H3,(H,24,26). The highest BCUT2D eigenvalue weighted by molar-refractivity contribution is 6.35. The summed E-state index contributed by atoms with van der Waals surface area (Å²) in [4.78, 5) is 26.3. The van der Waals surface area contributed by atoms with Crippen LogP contribution in [0.2, 0.25) is 10.0 Å². The lowest BCUT2D eigenvalue weighted by molar-refractivity contribution is -0.125. The van der Waals surface area contributed by atoms with Crippen molar-refractivity contribution in [2.75, 3.05) is 23.4 Å². The van der Waals surface area contributed by atoms with Crippen LogP contribution in [0.25, 0.3) is 0 Å². The molecule has 0 saturated carbocycles. The van der Waals surface area contributed by atoms with Crippen molar-refractivity contribution in [1.29, 1.82) is 0 Å². The van der Waals surface area contributed by atoms with Crippen molar-refractivity contribution in [3.05, 3.63) is 58.6 Å². The number of fused-ring (bicyclic) bond motifs is 1. The molecule has 1 unspecified atom stereocenters. The zero-order valence-electron chi connectivity index (χ0n) is 16.0. The highest BCUT2D eigenvalue weighted by Gasteiger charge is 2.31. The number of carbonyl (C=O) groups is 2. The fraction of sp³-hybridized carbons (Fsp3) is 0.238. The van der Waals surface area contributed by atoms with Crippen molar-refractivity contribution in [1.82, 2.24) is 0 Å². The Kier molecular flexibility index (Phi) is 6.35. The van der Waals surface area contributed by atoms with Crippen LogP contribution in [0, 0.1) is 0 Å². The van der Waals surface area contributed by atoms with Crippen LogP contribution < -0.4 is 19.7 Å². The van der Waals surface area contributed by atoms with Crippen LogP contribution in [0.4, 0.5) is 11.4 Å². The summed E-state index contributed by atoms with van der Waals surface area (Å²) in [5.74, 6) is 0.376. The Hall–Kier alpha value is -2.70. The number of amides is 2. The van der Waals surface area contributed by atoms with Gasteiger partial charge in [-0.3, -0.25) is 9.59 Å². The Labute approximate surface area is 179 Å². The minimum Gasteiger partial charge on any atom is -0.482 e. The van der Waals surface area contributed by atoms with E-state index in [0.29, 0.717) is 39.5 Å². The first-order valence-corrected chi connectivity index (χ1v) is 9.64. The molecule has 0 fully saturated rings. The molecule has 2 amide bonds. The molecule has 1 aliphatic heterocycles. The molecular weight excluding hydrogens is 415 g/mol. The van der Waals surface area contributed by atoms with E-state index in [1.54, 1.807) is 42.2 Å². The van der Waals surface area contributed by atoms with Crippen LogP contribution in [0.3, 0.4) is 0 Å². The number of anilines is 2. The molecule has 2 aromatic rings. The van der Waals surface area contributed by atoms with Crippen LogP contribution in [0.5, 0.6) is 11.5 Å². The minimum absolute atomic E-state index is 0.134. The summed E-state index contributed by atoms with van der Waals surface area (Å²) in [6, 6.07) is 9.87. The van der Waals surface area contributed by atoms with Gasteiger partial charge in [-0.05, 0) is 44.2 Å². The normalized spacial score (nSPS) is 15.4. The zero-order valence-corrected chi connectivity index (χ0v) is 17.5. The monoisotopic (exact) mass is 434 g/mol. The SMILES string of the molecule is C=C(C)CN1C(=O)C(C)Oc2cc(NC(=O)COc3ccc(Cl)cc3Cl)ccc21. The van der Waals surface area contributed by atoms with E-state index in [2.05, 4.69) is 11.9 Å². The molecule has 8 heteroatoms. The van der Waals surface area contributed by atoms with Crippen molar-refractivity contribution in [2.24, 2.45) is 0 Å². The van der Waals surface area contributed by atoms with Gasteiger partial charge in [0.1, 0.15) is 11.5 Å². The van der Waals surface area contributed by atoms with E-state index >= 15 is 0 Å². The Balaban J connectivity index is 1.69. The average molecular weight is 435 g/mol. The van der Waals surface area contributed by atoms with E-state index in [-0.39, 0.29) is 18.4 Å². The molecule has 0 radical (unpaired) electrons. The molecule has 6 nitrogen and oxygen atoms in total. The highest BCUT2D eigenvalue weighted by atomic mass is 35.5. The Morgan fingerprint density at radius 3 is 2.72 bits per heavy atom. The average Bonchev–Trinajstić information content (AvgIpc) is 2.64. The second-order valence-corrected chi connectivity index (χ2v) is 7.58. The maximum atomic E-state index is 12.4. The van der Waals surface area contributed by atoms with Crippen molar-refractivity contribution in [2.45, 2.75) is 20.0 Å². The summed E-state index contributed by atoms with van der Waals surface area (Å²) in [6.45, 7) is 7.59. The van der Waals surface area contributed by atoms with E-state index in [1.165, 1.54) is 6.07 Å². The summed E-state index contributed by atoms with van der Waals surface area (Å²) in [6.07, 6.45) is -0.622. The number of halogens is 2. The van der Waals surface area contributed by atoms with Gasteiger partial charge in [-0.2, -0.15) is 0 Å². The second kappa shape index (κ2) is 8.76. The molecule has 0 spiro atoms. The molecule has 0 bridgehead atoms. The molecule has 3 rings (SSSR count). The lowest BCUT2D eigenvalue weighted by Gasteiger charge is -2.33. The second-order valence-electron chi connectivity index (χ2n) is 6.74. The van der Waals surface area contributed by atoms with Gasteiger partial charge in [0.05, 0.1) is 10.7 Å². The van der Waals surface area contributed by atoms with Crippen LogP contribution in [0.15, 0.2) is 48.6 Å². The molecule has 1 heterocycles. The Morgan fingerprint density at radius 1 is 1.28 bits per heavy atom. The molecule has 2 aromatic carbocycles. The largest absolute Gasteiger partial charge is 0.482 e. The van der Waals surface area contributed by atoms with Crippen molar-refractivity contribution >= 4 is 46.4 Å². The molecule has 0 aromatic heterocycles. The molecular formula is C21H20Cl2N2O4. The predicted molar refractivity (Wildman–Crippen MR) is 114 cm³/mol. The maximum Gasteiger partial charge on any atom is 0.268 e. The van der Waals surface area contributed by atoms with Gasteiger partial charge in [0.25, 0.3) is 11.8 Å². The topological polar surface area (TPSA) is 67.9 Å². The van der Waals surface area contributed by atoms with Gasteiger partial charge in [0.15, 0.2) is 12.7 Å².